The molecule has 0 fully saturated rings. The number of hydrogen-bond acceptors (Lipinski definition) is 1. The van der Waals surface area contributed by atoms with E-state index in [2.05, 4.69) is 31.2 Å². The molecule has 2 aromatic rings. The number of benzene rings is 1. The molecule has 0 bridgehead atoms. The molecule has 0 unspecified atom stereocenters. The first-order chi connectivity index (χ1) is 6.25. The van der Waals surface area contributed by atoms with Crippen LogP contribution in [0.25, 0.3) is 11.3 Å². The van der Waals surface area contributed by atoms with Crippen molar-refractivity contribution in [3.8, 4) is 11.3 Å². The van der Waals surface area contributed by atoms with Gasteiger partial charge in [-0.2, -0.15) is 4.57 Å². The summed E-state index contributed by atoms with van der Waals surface area (Å²) in [6.07, 6.45) is 3.65. The van der Waals surface area contributed by atoms with Crippen LogP contribution in [0.3, 0.4) is 0 Å². The fraction of sp³-hybridized carbons (Fsp3) is 0.182. The van der Waals surface area contributed by atoms with Crippen LogP contribution in [-0.2, 0) is 7.05 Å². The third-order valence-corrected chi connectivity index (χ3v) is 2.00. The Morgan fingerprint density at radius 1 is 1.15 bits per heavy atom. The van der Waals surface area contributed by atoms with Gasteiger partial charge in [-0.3, -0.25) is 0 Å². The van der Waals surface area contributed by atoms with E-state index in [-0.39, 0.29) is 0 Å². The summed E-state index contributed by atoms with van der Waals surface area (Å²) in [5, 5.41) is 0. The largest absolute Gasteiger partial charge is 0.404 e. The molecule has 0 aliphatic carbocycles. The summed E-state index contributed by atoms with van der Waals surface area (Å²) in [6.45, 7) is 2.08. The fourth-order valence-electron chi connectivity index (χ4n) is 1.25. The summed E-state index contributed by atoms with van der Waals surface area (Å²) in [7, 11) is 1.95. The maximum absolute atomic E-state index is 5.35. The second kappa shape index (κ2) is 3.05. The molecule has 0 radical (unpaired) electrons. The average molecular weight is 174 g/mol. The molecule has 0 saturated heterocycles. The summed E-state index contributed by atoms with van der Waals surface area (Å²) < 4.78 is 7.25. The SMILES string of the molecule is Cc1ccc(-c2c[n+](C)co2)cc1. The monoisotopic (exact) mass is 174 g/mol. The Bertz CT molecular complexity index is 400. The fourth-order valence-corrected chi connectivity index (χ4v) is 1.25. The first-order valence-electron chi connectivity index (χ1n) is 4.26. The standard InChI is InChI=1S/C11H12NO/c1-9-3-5-10(6-4-9)11-7-12(2)8-13-11/h3-8H,1-2H3/q+1. The first-order valence-corrected chi connectivity index (χ1v) is 4.26. The van der Waals surface area contributed by atoms with Gasteiger partial charge in [0, 0.05) is 5.56 Å². The number of aryl methyl sites for hydroxylation is 2. The predicted octanol–water partition coefficient (Wildman–Crippen LogP) is 2.08. The topological polar surface area (TPSA) is 17.0 Å². The highest BCUT2D eigenvalue weighted by molar-refractivity contribution is 5.55. The molecule has 1 aromatic heterocycles. The van der Waals surface area contributed by atoms with Crippen LogP contribution in [0.15, 0.2) is 41.3 Å². The van der Waals surface area contributed by atoms with Crippen LogP contribution in [0.5, 0.6) is 0 Å². The molecule has 2 nitrogen and oxygen atoms in total. The second-order valence-electron chi connectivity index (χ2n) is 3.25. The molecule has 1 aromatic carbocycles. The molecule has 0 saturated carbocycles. The van der Waals surface area contributed by atoms with Gasteiger partial charge < -0.3 is 4.42 Å². The Labute approximate surface area is 77.4 Å². The van der Waals surface area contributed by atoms with Crippen molar-refractivity contribution in [1.82, 2.24) is 0 Å². The summed E-state index contributed by atoms with van der Waals surface area (Å²) in [5.41, 5.74) is 2.38. The van der Waals surface area contributed by atoms with Crippen LogP contribution in [0.4, 0.5) is 0 Å². The molecule has 0 spiro atoms. The van der Waals surface area contributed by atoms with Crippen LogP contribution >= 0.6 is 0 Å². The summed E-state index contributed by atoms with van der Waals surface area (Å²) in [4.78, 5) is 0. The van der Waals surface area contributed by atoms with Crippen LogP contribution < -0.4 is 4.57 Å². The molecule has 0 aliphatic heterocycles. The summed E-state index contributed by atoms with van der Waals surface area (Å²) >= 11 is 0. The number of oxazole rings is 1. The third kappa shape index (κ3) is 1.61. The van der Waals surface area contributed by atoms with Gasteiger partial charge in [-0.25, -0.2) is 0 Å². The Kier molecular flexibility index (Phi) is 1.89. The van der Waals surface area contributed by atoms with Crippen LogP contribution in [0.1, 0.15) is 5.56 Å². The van der Waals surface area contributed by atoms with E-state index in [1.165, 1.54) is 5.56 Å². The summed E-state index contributed by atoms with van der Waals surface area (Å²) in [6, 6.07) is 8.29. The molecule has 0 N–H and O–H groups in total. The van der Waals surface area contributed by atoms with E-state index < -0.39 is 0 Å². The minimum absolute atomic E-state index is 0.905. The summed E-state index contributed by atoms with van der Waals surface area (Å²) in [5.74, 6) is 0.905. The van der Waals surface area contributed by atoms with Gasteiger partial charge in [0.25, 0.3) is 0 Å². The van der Waals surface area contributed by atoms with Gasteiger partial charge in [-0.1, -0.05) is 29.8 Å². The van der Waals surface area contributed by atoms with Gasteiger partial charge in [0.2, 0.25) is 12.0 Å². The highest BCUT2D eigenvalue weighted by Crippen LogP contribution is 2.17. The molecule has 1 heterocycles. The van der Waals surface area contributed by atoms with Crippen molar-refractivity contribution in [1.29, 1.82) is 0 Å². The van der Waals surface area contributed by atoms with E-state index >= 15 is 0 Å². The highest BCUT2D eigenvalue weighted by atomic mass is 16.3. The zero-order valence-electron chi connectivity index (χ0n) is 7.82. The van der Waals surface area contributed by atoms with E-state index in [4.69, 9.17) is 4.42 Å². The quantitative estimate of drug-likeness (QED) is 0.605. The van der Waals surface area contributed by atoms with E-state index in [0.29, 0.717) is 0 Å². The molecule has 2 rings (SSSR count). The molecule has 0 amide bonds. The third-order valence-electron chi connectivity index (χ3n) is 2.00. The minimum atomic E-state index is 0.905. The lowest BCUT2D eigenvalue weighted by Gasteiger charge is -1.93. The second-order valence-corrected chi connectivity index (χ2v) is 3.25. The molecule has 0 atom stereocenters. The van der Waals surface area contributed by atoms with Gasteiger partial charge in [0.05, 0.1) is 0 Å². The normalized spacial score (nSPS) is 10.3. The molecule has 2 heteroatoms. The Morgan fingerprint density at radius 3 is 2.38 bits per heavy atom. The molecular weight excluding hydrogens is 162 g/mol. The van der Waals surface area contributed by atoms with E-state index in [9.17, 15) is 0 Å². The number of aromatic nitrogens is 1. The van der Waals surface area contributed by atoms with Crippen LogP contribution in [-0.4, -0.2) is 0 Å². The smallest absolute Gasteiger partial charge is 0.334 e. The molecule has 13 heavy (non-hydrogen) atoms. The minimum Gasteiger partial charge on any atom is -0.404 e. The van der Waals surface area contributed by atoms with Crippen LogP contribution in [0, 0.1) is 6.92 Å². The van der Waals surface area contributed by atoms with Gasteiger partial charge >= 0.3 is 6.39 Å². The number of nitrogens with zero attached hydrogens (tertiary/aromatic N) is 1. The van der Waals surface area contributed by atoms with Crippen molar-refractivity contribution in [3.05, 3.63) is 42.4 Å². The van der Waals surface area contributed by atoms with Gasteiger partial charge in [0.15, 0.2) is 0 Å². The lowest BCUT2D eigenvalue weighted by Crippen LogP contribution is -2.22. The van der Waals surface area contributed by atoms with Crippen molar-refractivity contribution in [2.24, 2.45) is 7.05 Å². The Balaban J connectivity index is 2.41. The maximum Gasteiger partial charge on any atom is 0.334 e. The van der Waals surface area contributed by atoms with Crippen molar-refractivity contribution >= 4 is 0 Å². The van der Waals surface area contributed by atoms with Crippen molar-refractivity contribution in [2.45, 2.75) is 6.92 Å². The van der Waals surface area contributed by atoms with Gasteiger partial charge in [-0.05, 0) is 6.92 Å². The lowest BCUT2D eigenvalue weighted by molar-refractivity contribution is -0.674. The predicted molar refractivity (Wildman–Crippen MR) is 50.1 cm³/mol. The van der Waals surface area contributed by atoms with Crippen molar-refractivity contribution < 1.29 is 8.98 Å². The van der Waals surface area contributed by atoms with Crippen LogP contribution in [0.2, 0.25) is 0 Å². The van der Waals surface area contributed by atoms with Gasteiger partial charge in [-0.15, -0.1) is 0 Å². The zero-order chi connectivity index (χ0) is 9.26. The molecule has 66 valence electrons. The van der Waals surface area contributed by atoms with E-state index in [0.717, 1.165) is 11.3 Å². The van der Waals surface area contributed by atoms with E-state index in [1.54, 1.807) is 6.39 Å². The van der Waals surface area contributed by atoms with Crippen molar-refractivity contribution in [2.75, 3.05) is 0 Å². The van der Waals surface area contributed by atoms with E-state index in [1.807, 2.05) is 17.8 Å². The molecule has 0 aliphatic rings. The zero-order valence-corrected chi connectivity index (χ0v) is 7.82. The Morgan fingerprint density at radius 2 is 1.85 bits per heavy atom. The number of rotatable bonds is 1. The van der Waals surface area contributed by atoms with Gasteiger partial charge in [0.1, 0.15) is 7.05 Å². The highest BCUT2D eigenvalue weighted by Gasteiger charge is 2.05. The Hall–Kier alpha value is -1.57. The number of hydrogen-bond donors (Lipinski definition) is 0. The average Bonchev–Trinajstić information content (AvgIpc) is 2.53. The molecular formula is C11H12NO+. The lowest BCUT2D eigenvalue weighted by atomic mass is 10.1. The van der Waals surface area contributed by atoms with Crippen molar-refractivity contribution in [3.63, 3.8) is 0 Å². The maximum atomic E-state index is 5.35. The first kappa shape index (κ1) is 8.05.